The first-order valence-corrected chi connectivity index (χ1v) is 9.28. The smallest absolute Gasteiger partial charge is 0.255 e. The Labute approximate surface area is 140 Å². The van der Waals surface area contributed by atoms with Gasteiger partial charge < -0.3 is 9.97 Å². The van der Waals surface area contributed by atoms with Gasteiger partial charge in [-0.25, -0.2) is 4.98 Å². The van der Waals surface area contributed by atoms with Gasteiger partial charge in [0.1, 0.15) is 0 Å². The first kappa shape index (κ1) is 14.6. The van der Waals surface area contributed by atoms with Crippen molar-refractivity contribution in [3.63, 3.8) is 0 Å². The Bertz CT molecular complexity index is 961. The molecular formula is C16H13N3O2S2. The van der Waals surface area contributed by atoms with E-state index in [9.17, 15) is 9.59 Å². The molecule has 0 spiro atoms. The van der Waals surface area contributed by atoms with Crippen LogP contribution in [0.2, 0.25) is 0 Å². The minimum absolute atomic E-state index is 0.0185. The Kier molecular flexibility index (Phi) is 3.74. The zero-order valence-corrected chi connectivity index (χ0v) is 13.7. The van der Waals surface area contributed by atoms with Gasteiger partial charge in [-0.2, -0.15) is 11.8 Å². The fourth-order valence-corrected chi connectivity index (χ4v) is 4.42. The Morgan fingerprint density at radius 3 is 3.09 bits per heavy atom. The molecule has 23 heavy (non-hydrogen) atoms. The molecule has 3 aromatic rings. The molecule has 116 valence electrons. The number of aromatic nitrogens is 3. The second-order valence-corrected chi connectivity index (χ2v) is 7.20. The van der Waals surface area contributed by atoms with Crippen molar-refractivity contribution in [3.8, 4) is 0 Å². The second kappa shape index (κ2) is 5.90. The molecule has 5 nitrogen and oxygen atoms in total. The third-order valence-corrected chi connectivity index (χ3v) is 5.64. The van der Waals surface area contributed by atoms with Crippen molar-refractivity contribution < 1.29 is 4.79 Å². The molecular weight excluding hydrogens is 330 g/mol. The summed E-state index contributed by atoms with van der Waals surface area (Å²) in [6.45, 7) is 0. The fraction of sp³-hybridized carbons (Fsp3) is 0.188. The number of rotatable bonds is 4. The lowest BCUT2D eigenvalue weighted by atomic mass is 10.1. The van der Waals surface area contributed by atoms with Gasteiger partial charge in [0.2, 0.25) is 0 Å². The molecule has 0 amide bonds. The maximum absolute atomic E-state index is 12.4. The normalized spacial score (nSPS) is 13.4. The number of fused-ring (bicyclic) bond motifs is 2. The van der Waals surface area contributed by atoms with Crippen LogP contribution in [-0.2, 0) is 11.5 Å². The van der Waals surface area contributed by atoms with Crippen molar-refractivity contribution in [2.75, 3.05) is 5.75 Å². The van der Waals surface area contributed by atoms with Gasteiger partial charge >= 0.3 is 0 Å². The van der Waals surface area contributed by atoms with Crippen LogP contribution in [-0.4, -0.2) is 26.5 Å². The van der Waals surface area contributed by atoms with Crippen LogP contribution in [0.5, 0.6) is 0 Å². The predicted molar refractivity (Wildman–Crippen MR) is 93.2 cm³/mol. The number of hydrogen-bond donors (Lipinski definition) is 2. The molecule has 0 bridgehead atoms. The lowest BCUT2D eigenvalue weighted by molar-refractivity contribution is 0.102. The van der Waals surface area contributed by atoms with Crippen LogP contribution < -0.4 is 5.56 Å². The molecule has 3 heterocycles. The van der Waals surface area contributed by atoms with Gasteiger partial charge in [0, 0.05) is 39.7 Å². The van der Waals surface area contributed by atoms with E-state index in [4.69, 9.17) is 0 Å². The third-order valence-electron chi connectivity index (χ3n) is 3.79. The van der Waals surface area contributed by atoms with Gasteiger partial charge in [0.15, 0.2) is 10.9 Å². The molecule has 1 aromatic carbocycles. The highest BCUT2D eigenvalue weighted by molar-refractivity contribution is 7.99. The van der Waals surface area contributed by atoms with E-state index in [0.717, 1.165) is 33.7 Å². The van der Waals surface area contributed by atoms with Crippen molar-refractivity contribution in [1.29, 1.82) is 0 Å². The minimum Gasteiger partial charge on any atom is -0.360 e. The van der Waals surface area contributed by atoms with Crippen LogP contribution in [0.1, 0.15) is 21.6 Å². The monoisotopic (exact) mass is 343 g/mol. The van der Waals surface area contributed by atoms with E-state index in [1.165, 1.54) is 11.8 Å². The number of benzene rings is 1. The Balaban J connectivity index is 1.54. The Morgan fingerprint density at radius 1 is 1.30 bits per heavy atom. The number of carbonyl (C=O) groups excluding carboxylic acids is 1. The van der Waals surface area contributed by atoms with E-state index in [0.29, 0.717) is 10.7 Å². The summed E-state index contributed by atoms with van der Waals surface area (Å²) >= 11 is 2.96. The predicted octanol–water partition coefficient (Wildman–Crippen LogP) is 2.97. The van der Waals surface area contributed by atoms with E-state index in [-0.39, 0.29) is 17.1 Å². The molecule has 0 radical (unpaired) electrons. The highest BCUT2D eigenvalue weighted by Gasteiger charge is 2.18. The molecule has 0 fully saturated rings. The molecule has 7 heteroatoms. The number of H-pyrrole nitrogens is 2. The van der Waals surface area contributed by atoms with Gasteiger partial charge in [0.05, 0.1) is 11.4 Å². The lowest BCUT2D eigenvalue weighted by Gasteiger charge is -2.03. The molecule has 1 aliphatic heterocycles. The Hall–Kier alpha value is -1.99. The van der Waals surface area contributed by atoms with E-state index >= 15 is 0 Å². The van der Waals surface area contributed by atoms with Crippen LogP contribution in [0.4, 0.5) is 0 Å². The molecule has 4 rings (SSSR count). The van der Waals surface area contributed by atoms with Crippen LogP contribution in [0.25, 0.3) is 10.9 Å². The van der Waals surface area contributed by atoms with E-state index in [1.807, 2.05) is 24.3 Å². The standard InChI is InChI=1S/C16H13N3O2S2/c20-14(10-5-17-12-4-2-1-3-9(10)12)8-23-16-18-13-7-22-6-11(13)15(21)19-16/h1-5,17H,6-8H2,(H,18,19,21). The van der Waals surface area contributed by atoms with Crippen LogP contribution in [0.15, 0.2) is 40.4 Å². The van der Waals surface area contributed by atoms with Crippen LogP contribution >= 0.6 is 23.5 Å². The zero-order valence-electron chi connectivity index (χ0n) is 12.1. The number of hydrogen-bond acceptors (Lipinski definition) is 5. The van der Waals surface area contributed by atoms with Gasteiger partial charge in [-0.1, -0.05) is 30.0 Å². The van der Waals surface area contributed by atoms with E-state index in [2.05, 4.69) is 15.0 Å². The molecule has 0 atom stereocenters. The SMILES string of the molecule is O=C(CSc1nc2c(c(=O)[nH]1)CSC2)c1c[nH]c2ccccc12. The zero-order chi connectivity index (χ0) is 15.8. The average Bonchev–Trinajstić information content (AvgIpc) is 3.19. The summed E-state index contributed by atoms with van der Waals surface area (Å²) in [5.41, 5.74) is 3.15. The van der Waals surface area contributed by atoms with Crippen molar-refractivity contribution >= 4 is 40.2 Å². The average molecular weight is 343 g/mol. The van der Waals surface area contributed by atoms with Gasteiger partial charge in [-0.15, -0.1) is 0 Å². The number of nitrogens with one attached hydrogen (secondary N) is 2. The summed E-state index contributed by atoms with van der Waals surface area (Å²) < 4.78 is 0. The minimum atomic E-state index is -0.0814. The number of thioether (sulfide) groups is 2. The van der Waals surface area contributed by atoms with Gasteiger partial charge in [-0.05, 0) is 6.07 Å². The number of carbonyl (C=O) groups is 1. The number of ketones is 1. The molecule has 0 saturated carbocycles. The second-order valence-electron chi connectivity index (χ2n) is 5.25. The van der Waals surface area contributed by atoms with Gasteiger partial charge in [0.25, 0.3) is 5.56 Å². The van der Waals surface area contributed by atoms with Crippen LogP contribution in [0.3, 0.4) is 0 Å². The summed E-state index contributed by atoms with van der Waals surface area (Å²) in [4.78, 5) is 34.7. The topological polar surface area (TPSA) is 78.6 Å². The number of Topliss-reactive ketones (excluding diaryl/α,β-unsaturated/α-hetero) is 1. The summed E-state index contributed by atoms with van der Waals surface area (Å²) in [6.07, 6.45) is 1.74. The lowest BCUT2D eigenvalue weighted by Crippen LogP contribution is -2.15. The molecule has 0 saturated heterocycles. The van der Waals surface area contributed by atoms with Crippen molar-refractivity contribution in [1.82, 2.24) is 15.0 Å². The van der Waals surface area contributed by atoms with Crippen molar-refractivity contribution in [2.45, 2.75) is 16.7 Å². The summed E-state index contributed by atoms with van der Waals surface area (Å²) in [5.74, 6) is 1.75. The summed E-state index contributed by atoms with van der Waals surface area (Å²) in [5, 5.41) is 1.44. The molecule has 2 N–H and O–H groups in total. The first-order chi connectivity index (χ1) is 11.2. The summed E-state index contributed by atoms with van der Waals surface area (Å²) in [6, 6.07) is 7.71. The number of nitrogens with zero attached hydrogens (tertiary/aromatic N) is 1. The highest BCUT2D eigenvalue weighted by atomic mass is 32.2. The number of aromatic amines is 2. The molecule has 2 aromatic heterocycles. The molecule has 1 aliphatic rings. The quantitative estimate of drug-likeness (QED) is 0.432. The highest BCUT2D eigenvalue weighted by Crippen LogP contribution is 2.27. The molecule has 0 aliphatic carbocycles. The molecule has 0 unspecified atom stereocenters. The van der Waals surface area contributed by atoms with E-state index < -0.39 is 0 Å². The maximum Gasteiger partial charge on any atom is 0.255 e. The van der Waals surface area contributed by atoms with E-state index in [1.54, 1.807) is 18.0 Å². The maximum atomic E-state index is 12.4. The Morgan fingerprint density at radius 2 is 2.17 bits per heavy atom. The van der Waals surface area contributed by atoms with Gasteiger partial charge in [-0.3, -0.25) is 9.59 Å². The van der Waals surface area contributed by atoms with Crippen LogP contribution in [0, 0.1) is 0 Å². The third kappa shape index (κ3) is 2.70. The first-order valence-electron chi connectivity index (χ1n) is 7.14. The van der Waals surface area contributed by atoms with Crippen molar-refractivity contribution in [2.24, 2.45) is 0 Å². The fourth-order valence-electron chi connectivity index (χ4n) is 2.62. The largest absolute Gasteiger partial charge is 0.360 e. The van der Waals surface area contributed by atoms with Crippen molar-refractivity contribution in [3.05, 3.63) is 57.6 Å². The summed E-state index contributed by atoms with van der Waals surface area (Å²) in [7, 11) is 0. The number of para-hydroxylation sites is 1.